The predicted octanol–water partition coefficient (Wildman–Crippen LogP) is 7.57. The summed E-state index contributed by atoms with van der Waals surface area (Å²) in [6.07, 6.45) is 3.20. The zero-order chi connectivity index (χ0) is 23.8. The average Bonchev–Trinajstić information content (AvgIpc) is 3.23. The highest BCUT2D eigenvalue weighted by Crippen LogP contribution is 2.31. The summed E-state index contributed by atoms with van der Waals surface area (Å²) in [5.41, 5.74) is 5.19. The molecule has 0 radical (unpaired) electrons. The van der Waals surface area contributed by atoms with Gasteiger partial charge in [0.1, 0.15) is 11.6 Å². The van der Waals surface area contributed by atoms with Crippen molar-refractivity contribution in [3.8, 4) is 22.6 Å². The van der Waals surface area contributed by atoms with Crippen LogP contribution in [0.5, 0.6) is 0 Å². The highest BCUT2D eigenvalue weighted by molar-refractivity contribution is 5.68. The van der Waals surface area contributed by atoms with Crippen molar-refractivity contribution in [2.45, 2.75) is 52.7 Å². The summed E-state index contributed by atoms with van der Waals surface area (Å²) >= 11 is 0. The van der Waals surface area contributed by atoms with Gasteiger partial charge in [-0.05, 0) is 25.5 Å². The lowest BCUT2D eigenvalue weighted by atomic mass is 10.1. The summed E-state index contributed by atoms with van der Waals surface area (Å²) < 4.78 is 16.9. The number of aromatic nitrogens is 2. The molecular formula is C30H34FN3. The van der Waals surface area contributed by atoms with Crippen molar-refractivity contribution < 1.29 is 4.39 Å². The van der Waals surface area contributed by atoms with E-state index in [-0.39, 0.29) is 5.82 Å². The maximum absolute atomic E-state index is 14.5. The molecule has 0 amide bonds. The molecule has 1 aromatic heterocycles. The van der Waals surface area contributed by atoms with E-state index < -0.39 is 0 Å². The molecule has 0 aliphatic rings. The monoisotopic (exact) mass is 455 g/mol. The van der Waals surface area contributed by atoms with Gasteiger partial charge in [-0.1, -0.05) is 99.1 Å². The van der Waals surface area contributed by atoms with Crippen LogP contribution in [-0.2, 0) is 19.6 Å². The van der Waals surface area contributed by atoms with Gasteiger partial charge in [-0.3, -0.25) is 4.90 Å². The summed E-state index contributed by atoms with van der Waals surface area (Å²) in [5.74, 6) is 0.863. The van der Waals surface area contributed by atoms with Crippen molar-refractivity contribution in [1.29, 1.82) is 0 Å². The van der Waals surface area contributed by atoms with Crippen LogP contribution < -0.4 is 0 Å². The van der Waals surface area contributed by atoms with Crippen LogP contribution in [0.25, 0.3) is 22.6 Å². The highest BCUT2D eigenvalue weighted by Gasteiger charge is 2.22. The van der Waals surface area contributed by atoms with E-state index in [1.165, 1.54) is 5.69 Å². The van der Waals surface area contributed by atoms with Crippen LogP contribution in [0, 0.1) is 5.82 Å². The molecule has 0 fully saturated rings. The van der Waals surface area contributed by atoms with Gasteiger partial charge < -0.3 is 4.57 Å². The fraction of sp³-hybridized carbons (Fsp3) is 0.300. The Labute approximate surface area is 202 Å². The Hall–Kier alpha value is -3.24. The molecule has 0 N–H and O–H groups in total. The maximum atomic E-state index is 14.5. The standard InChI is InChI=1S/C30H34FN3/c1-3-5-21-34-28(23-33(20-4-2)22-26-18-12-13-19-27(26)31)29(24-14-8-6-9-15-24)32-30(34)25-16-10-7-11-17-25/h6-19H,3-5,20-23H2,1-2H3. The van der Waals surface area contributed by atoms with E-state index in [0.29, 0.717) is 6.54 Å². The van der Waals surface area contributed by atoms with E-state index >= 15 is 0 Å². The smallest absolute Gasteiger partial charge is 0.140 e. The molecule has 3 nitrogen and oxygen atoms in total. The Morgan fingerprint density at radius 1 is 0.765 bits per heavy atom. The maximum Gasteiger partial charge on any atom is 0.140 e. The summed E-state index contributed by atoms with van der Waals surface area (Å²) in [6, 6.07) is 28.0. The SMILES string of the molecule is CCCCn1c(-c2ccccc2)nc(-c2ccccc2)c1CN(CCC)Cc1ccccc1F. The zero-order valence-corrected chi connectivity index (χ0v) is 20.3. The topological polar surface area (TPSA) is 21.1 Å². The first kappa shape index (κ1) is 23.9. The van der Waals surface area contributed by atoms with Crippen LogP contribution >= 0.6 is 0 Å². The molecule has 0 saturated carbocycles. The largest absolute Gasteiger partial charge is 0.326 e. The van der Waals surface area contributed by atoms with E-state index in [4.69, 9.17) is 4.98 Å². The van der Waals surface area contributed by atoms with E-state index in [1.54, 1.807) is 12.1 Å². The van der Waals surface area contributed by atoms with Crippen LogP contribution in [0.2, 0.25) is 0 Å². The van der Waals surface area contributed by atoms with Gasteiger partial charge in [-0.2, -0.15) is 0 Å². The van der Waals surface area contributed by atoms with Crippen molar-refractivity contribution in [2.75, 3.05) is 6.54 Å². The lowest BCUT2D eigenvalue weighted by Gasteiger charge is -2.24. The molecule has 0 unspecified atom stereocenters. The molecule has 0 spiro atoms. The summed E-state index contributed by atoms with van der Waals surface area (Å²) in [7, 11) is 0. The van der Waals surface area contributed by atoms with E-state index in [0.717, 1.165) is 67.1 Å². The molecule has 0 aliphatic heterocycles. The van der Waals surface area contributed by atoms with Crippen LogP contribution in [0.4, 0.5) is 4.39 Å². The number of imidazole rings is 1. The minimum atomic E-state index is -0.142. The number of hydrogen-bond donors (Lipinski definition) is 0. The number of hydrogen-bond acceptors (Lipinski definition) is 2. The van der Waals surface area contributed by atoms with E-state index in [9.17, 15) is 4.39 Å². The molecule has 1 heterocycles. The molecule has 4 aromatic rings. The second kappa shape index (κ2) is 11.8. The third-order valence-electron chi connectivity index (χ3n) is 6.15. The van der Waals surface area contributed by atoms with Gasteiger partial charge in [0.2, 0.25) is 0 Å². The minimum absolute atomic E-state index is 0.142. The molecule has 4 heteroatoms. The van der Waals surface area contributed by atoms with Crippen molar-refractivity contribution in [1.82, 2.24) is 14.5 Å². The van der Waals surface area contributed by atoms with E-state index in [1.807, 2.05) is 24.3 Å². The van der Waals surface area contributed by atoms with Crippen LogP contribution in [0.3, 0.4) is 0 Å². The molecule has 4 rings (SSSR count). The third kappa shape index (κ3) is 5.63. The highest BCUT2D eigenvalue weighted by atomic mass is 19.1. The second-order valence-corrected chi connectivity index (χ2v) is 8.77. The van der Waals surface area contributed by atoms with Gasteiger partial charge in [0, 0.05) is 36.3 Å². The summed E-state index contributed by atoms with van der Waals surface area (Å²) in [5, 5.41) is 0. The molecule has 34 heavy (non-hydrogen) atoms. The lowest BCUT2D eigenvalue weighted by molar-refractivity contribution is 0.247. The second-order valence-electron chi connectivity index (χ2n) is 8.77. The molecule has 0 saturated heterocycles. The number of halogens is 1. The Bertz CT molecular complexity index is 1170. The van der Waals surface area contributed by atoms with E-state index in [2.05, 4.69) is 71.8 Å². The third-order valence-corrected chi connectivity index (χ3v) is 6.15. The van der Waals surface area contributed by atoms with Crippen molar-refractivity contribution in [2.24, 2.45) is 0 Å². The number of nitrogens with zero attached hydrogens (tertiary/aromatic N) is 3. The molecular weight excluding hydrogens is 421 g/mol. The molecule has 0 bridgehead atoms. The van der Waals surface area contributed by atoms with Gasteiger partial charge in [0.25, 0.3) is 0 Å². The first-order valence-corrected chi connectivity index (χ1v) is 12.4. The zero-order valence-electron chi connectivity index (χ0n) is 20.3. The Kier molecular flexibility index (Phi) is 8.26. The lowest BCUT2D eigenvalue weighted by Crippen LogP contribution is -2.26. The van der Waals surface area contributed by atoms with Gasteiger partial charge in [0.15, 0.2) is 0 Å². The average molecular weight is 456 g/mol. The molecule has 176 valence electrons. The van der Waals surface area contributed by atoms with Crippen LogP contribution in [-0.4, -0.2) is 21.0 Å². The van der Waals surface area contributed by atoms with Crippen LogP contribution in [0.15, 0.2) is 84.9 Å². The number of rotatable bonds is 11. The van der Waals surface area contributed by atoms with Crippen molar-refractivity contribution in [3.63, 3.8) is 0 Å². The van der Waals surface area contributed by atoms with Gasteiger partial charge in [-0.25, -0.2) is 9.37 Å². The normalized spacial score (nSPS) is 11.3. The summed E-state index contributed by atoms with van der Waals surface area (Å²) in [6.45, 7) is 7.50. The molecule has 0 aliphatic carbocycles. The Balaban J connectivity index is 1.80. The first-order valence-electron chi connectivity index (χ1n) is 12.4. The first-order chi connectivity index (χ1) is 16.7. The van der Waals surface area contributed by atoms with Gasteiger partial charge in [0.05, 0.1) is 11.4 Å². The van der Waals surface area contributed by atoms with Gasteiger partial charge >= 0.3 is 0 Å². The summed E-state index contributed by atoms with van der Waals surface area (Å²) in [4.78, 5) is 7.55. The quantitative estimate of drug-likeness (QED) is 0.233. The fourth-order valence-electron chi connectivity index (χ4n) is 4.45. The minimum Gasteiger partial charge on any atom is -0.326 e. The van der Waals surface area contributed by atoms with Crippen molar-refractivity contribution in [3.05, 3.63) is 102 Å². The Morgan fingerprint density at radius 3 is 2.06 bits per heavy atom. The number of benzene rings is 3. The van der Waals surface area contributed by atoms with Crippen molar-refractivity contribution >= 4 is 0 Å². The predicted molar refractivity (Wildman–Crippen MR) is 139 cm³/mol. The fourth-order valence-corrected chi connectivity index (χ4v) is 4.45. The Morgan fingerprint density at radius 2 is 1.41 bits per heavy atom. The molecule has 0 atom stereocenters. The van der Waals surface area contributed by atoms with Crippen LogP contribution in [0.1, 0.15) is 44.4 Å². The number of unbranched alkanes of at least 4 members (excludes halogenated alkanes) is 1. The molecule has 3 aromatic carbocycles. The van der Waals surface area contributed by atoms with Gasteiger partial charge in [-0.15, -0.1) is 0 Å².